The van der Waals surface area contributed by atoms with Crippen LogP contribution in [0.1, 0.15) is 20.3 Å². The highest BCUT2D eigenvalue weighted by molar-refractivity contribution is 9.10. The van der Waals surface area contributed by atoms with Gasteiger partial charge in [-0.25, -0.2) is 13.6 Å². The number of nitrogens with two attached hydrogens (primary N) is 1. The first kappa shape index (κ1) is 13.5. The van der Waals surface area contributed by atoms with Crippen molar-refractivity contribution in [1.29, 1.82) is 0 Å². The molecule has 16 heavy (non-hydrogen) atoms. The Balaban J connectivity index is 3.19. The second-order valence-electron chi connectivity index (χ2n) is 3.47. The SMILES string of the molecule is CCC(C)Oc1ccc(Br)cc1S(N)(=O)=O. The smallest absolute Gasteiger partial charge is 0.241 e. The zero-order valence-electron chi connectivity index (χ0n) is 9.10. The third kappa shape index (κ3) is 3.47. The van der Waals surface area contributed by atoms with Crippen molar-refractivity contribution in [1.82, 2.24) is 0 Å². The first-order valence-corrected chi connectivity index (χ1v) is 7.17. The summed E-state index contributed by atoms with van der Waals surface area (Å²) < 4.78 is 28.8. The maximum Gasteiger partial charge on any atom is 0.241 e. The van der Waals surface area contributed by atoms with E-state index in [9.17, 15) is 8.42 Å². The number of hydrogen-bond acceptors (Lipinski definition) is 3. The molecule has 1 unspecified atom stereocenters. The zero-order chi connectivity index (χ0) is 12.3. The van der Waals surface area contributed by atoms with Gasteiger partial charge in [-0.1, -0.05) is 22.9 Å². The van der Waals surface area contributed by atoms with Crippen molar-refractivity contribution < 1.29 is 13.2 Å². The summed E-state index contributed by atoms with van der Waals surface area (Å²) >= 11 is 3.20. The minimum atomic E-state index is -3.76. The number of ether oxygens (including phenoxy) is 1. The van der Waals surface area contributed by atoms with Gasteiger partial charge in [-0.3, -0.25) is 0 Å². The molecule has 1 rings (SSSR count). The van der Waals surface area contributed by atoms with E-state index >= 15 is 0 Å². The van der Waals surface area contributed by atoms with Crippen molar-refractivity contribution in [3.63, 3.8) is 0 Å². The number of rotatable bonds is 4. The van der Waals surface area contributed by atoms with Crippen LogP contribution in [0.2, 0.25) is 0 Å². The van der Waals surface area contributed by atoms with Gasteiger partial charge < -0.3 is 4.74 Å². The lowest BCUT2D eigenvalue weighted by atomic mass is 10.3. The van der Waals surface area contributed by atoms with Crippen LogP contribution in [0.15, 0.2) is 27.6 Å². The predicted octanol–water partition coefficient (Wildman–Crippen LogP) is 2.27. The lowest BCUT2D eigenvalue weighted by Gasteiger charge is -2.15. The summed E-state index contributed by atoms with van der Waals surface area (Å²) in [7, 11) is -3.76. The van der Waals surface area contributed by atoms with Crippen LogP contribution < -0.4 is 9.88 Å². The molecule has 0 heterocycles. The molecule has 0 aliphatic carbocycles. The van der Waals surface area contributed by atoms with E-state index in [4.69, 9.17) is 9.88 Å². The van der Waals surface area contributed by atoms with Crippen molar-refractivity contribution in [3.8, 4) is 5.75 Å². The van der Waals surface area contributed by atoms with Gasteiger partial charge in [0.05, 0.1) is 6.10 Å². The summed E-state index contributed by atoms with van der Waals surface area (Å²) in [5, 5.41) is 5.12. The van der Waals surface area contributed by atoms with E-state index in [1.54, 1.807) is 12.1 Å². The van der Waals surface area contributed by atoms with Gasteiger partial charge in [0.1, 0.15) is 10.6 Å². The Morgan fingerprint density at radius 3 is 2.62 bits per heavy atom. The van der Waals surface area contributed by atoms with Gasteiger partial charge in [0.25, 0.3) is 0 Å². The van der Waals surface area contributed by atoms with Crippen LogP contribution in [0.3, 0.4) is 0 Å². The fourth-order valence-electron chi connectivity index (χ4n) is 1.10. The van der Waals surface area contributed by atoms with Gasteiger partial charge in [0.15, 0.2) is 0 Å². The molecule has 0 radical (unpaired) electrons. The molecule has 0 aliphatic heterocycles. The summed E-state index contributed by atoms with van der Waals surface area (Å²) in [6, 6.07) is 4.75. The van der Waals surface area contributed by atoms with Gasteiger partial charge in [-0.15, -0.1) is 0 Å². The molecule has 1 aromatic rings. The molecule has 0 spiro atoms. The highest BCUT2D eigenvalue weighted by atomic mass is 79.9. The molecule has 0 saturated heterocycles. The number of halogens is 1. The van der Waals surface area contributed by atoms with Crippen LogP contribution in [0.4, 0.5) is 0 Å². The van der Waals surface area contributed by atoms with E-state index in [1.165, 1.54) is 6.07 Å². The molecule has 1 aromatic carbocycles. The Morgan fingerprint density at radius 2 is 2.12 bits per heavy atom. The largest absolute Gasteiger partial charge is 0.489 e. The van der Waals surface area contributed by atoms with Crippen LogP contribution >= 0.6 is 15.9 Å². The van der Waals surface area contributed by atoms with Crippen LogP contribution in [0.25, 0.3) is 0 Å². The molecule has 0 aliphatic rings. The highest BCUT2D eigenvalue weighted by Crippen LogP contribution is 2.27. The van der Waals surface area contributed by atoms with Crippen molar-refractivity contribution in [2.24, 2.45) is 5.14 Å². The van der Waals surface area contributed by atoms with Gasteiger partial charge in [-0.2, -0.15) is 0 Å². The number of primary sulfonamides is 1. The van der Waals surface area contributed by atoms with Crippen LogP contribution in [0.5, 0.6) is 5.75 Å². The molecular formula is C10H14BrNO3S. The van der Waals surface area contributed by atoms with Crippen molar-refractivity contribution >= 4 is 26.0 Å². The molecule has 0 fully saturated rings. The molecule has 0 saturated carbocycles. The third-order valence-corrected chi connectivity index (χ3v) is 3.54. The van der Waals surface area contributed by atoms with Gasteiger partial charge in [-0.05, 0) is 31.5 Å². The summed E-state index contributed by atoms with van der Waals surface area (Å²) in [4.78, 5) is 0.00201. The Morgan fingerprint density at radius 1 is 1.50 bits per heavy atom. The van der Waals surface area contributed by atoms with Gasteiger partial charge in [0.2, 0.25) is 10.0 Å². The summed E-state index contributed by atoms with van der Waals surface area (Å²) in [6.07, 6.45) is 0.738. The lowest BCUT2D eigenvalue weighted by Crippen LogP contribution is -2.17. The molecule has 0 bridgehead atoms. The maximum atomic E-state index is 11.4. The highest BCUT2D eigenvalue weighted by Gasteiger charge is 2.17. The second-order valence-corrected chi connectivity index (χ2v) is 5.92. The third-order valence-electron chi connectivity index (χ3n) is 2.12. The van der Waals surface area contributed by atoms with E-state index in [1.807, 2.05) is 13.8 Å². The Hall–Kier alpha value is -0.590. The number of hydrogen-bond donors (Lipinski definition) is 1. The van der Waals surface area contributed by atoms with E-state index in [-0.39, 0.29) is 11.0 Å². The fourth-order valence-corrected chi connectivity index (χ4v) is 2.30. The van der Waals surface area contributed by atoms with Crippen LogP contribution in [-0.4, -0.2) is 14.5 Å². The molecule has 0 aromatic heterocycles. The lowest BCUT2D eigenvalue weighted by molar-refractivity contribution is 0.211. The number of benzene rings is 1. The standard InChI is InChI=1S/C10H14BrNO3S/c1-3-7(2)15-9-5-4-8(11)6-10(9)16(12,13)14/h4-7H,3H2,1-2H3,(H2,12,13,14). The minimum absolute atomic E-state index is 0.00201. The van der Waals surface area contributed by atoms with E-state index in [2.05, 4.69) is 15.9 Å². The van der Waals surface area contributed by atoms with Crippen LogP contribution in [0, 0.1) is 0 Å². The first-order chi connectivity index (χ1) is 7.34. The summed E-state index contributed by atoms with van der Waals surface area (Å²) in [5.74, 6) is 0.292. The molecule has 4 nitrogen and oxygen atoms in total. The van der Waals surface area contributed by atoms with E-state index in [0.717, 1.165) is 6.42 Å². The Kier molecular flexibility index (Phi) is 4.35. The topological polar surface area (TPSA) is 69.4 Å². The summed E-state index contributed by atoms with van der Waals surface area (Å²) in [5.41, 5.74) is 0. The van der Waals surface area contributed by atoms with E-state index < -0.39 is 10.0 Å². The molecular weight excluding hydrogens is 294 g/mol. The Bertz CT molecular complexity index is 473. The first-order valence-electron chi connectivity index (χ1n) is 4.83. The molecule has 0 amide bonds. The Labute approximate surface area is 104 Å². The predicted molar refractivity (Wildman–Crippen MR) is 65.9 cm³/mol. The molecule has 6 heteroatoms. The normalized spacial score (nSPS) is 13.5. The van der Waals surface area contributed by atoms with Crippen LogP contribution in [-0.2, 0) is 10.0 Å². The summed E-state index contributed by atoms with van der Waals surface area (Å²) in [6.45, 7) is 3.83. The second kappa shape index (κ2) is 5.16. The van der Waals surface area contributed by atoms with Crippen molar-refractivity contribution in [2.75, 3.05) is 0 Å². The molecule has 90 valence electrons. The number of sulfonamides is 1. The monoisotopic (exact) mass is 307 g/mol. The maximum absolute atomic E-state index is 11.4. The fraction of sp³-hybridized carbons (Fsp3) is 0.400. The van der Waals surface area contributed by atoms with Crippen molar-refractivity contribution in [2.45, 2.75) is 31.3 Å². The minimum Gasteiger partial charge on any atom is -0.489 e. The quantitative estimate of drug-likeness (QED) is 0.927. The van der Waals surface area contributed by atoms with Crippen molar-refractivity contribution in [3.05, 3.63) is 22.7 Å². The van der Waals surface area contributed by atoms with Gasteiger partial charge >= 0.3 is 0 Å². The zero-order valence-corrected chi connectivity index (χ0v) is 11.5. The molecule has 1 atom stereocenters. The average molecular weight is 308 g/mol. The van der Waals surface area contributed by atoms with E-state index in [0.29, 0.717) is 10.2 Å². The average Bonchev–Trinajstić information content (AvgIpc) is 2.19. The van der Waals surface area contributed by atoms with Gasteiger partial charge in [0, 0.05) is 4.47 Å². The molecule has 2 N–H and O–H groups in total.